The maximum atomic E-state index is 10.2. The number of hydrogen-bond donors (Lipinski definition) is 5. The summed E-state index contributed by atoms with van der Waals surface area (Å²) in [6.07, 6.45) is 4.76. The van der Waals surface area contributed by atoms with Crippen molar-refractivity contribution in [1.82, 2.24) is 0 Å². The number of carbonyl (C=O) groups is 1. The fourth-order valence-electron chi connectivity index (χ4n) is 1.36. The first-order valence-corrected chi connectivity index (χ1v) is 9.03. The van der Waals surface area contributed by atoms with Crippen molar-refractivity contribution in [1.29, 1.82) is 0 Å². The molecular weight excluding hydrogens is 302 g/mol. The Morgan fingerprint density at radius 2 is 1.80 bits per heavy atom. The molecule has 0 bridgehead atoms. The van der Waals surface area contributed by atoms with Crippen molar-refractivity contribution >= 4 is 27.6 Å². The molecule has 1 rings (SSSR count). The van der Waals surface area contributed by atoms with Gasteiger partial charge in [-0.1, -0.05) is 28.0 Å². The van der Waals surface area contributed by atoms with Gasteiger partial charge in [0.25, 0.3) is 0 Å². The van der Waals surface area contributed by atoms with Gasteiger partial charge in [-0.05, 0) is 19.3 Å². The first-order valence-electron chi connectivity index (χ1n) is 6.65. The lowest BCUT2D eigenvalue weighted by Crippen LogP contribution is -2.78. The number of aliphatic hydroxyl groups excluding tert-OH is 3. The third-order valence-electron chi connectivity index (χ3n) is 2.90. The van der Waals surface area contributed by atoms with Crippen molar-refractivity contribution in [3.8, 4) is 0 Å². The summed E-state index contributed by atoms with van der Waals surface area (Å²) in [4.78, 5) is 10.2. The molecule has 0 spiro atoms. The second-order valence-corrected chi connectivity index (χ2v) is 7.73. The molecular formula is C12H26NO5S2+. The van der Waals surface area contributed by atoms with Gasteiger partial charge in [0.15, 0.2) is 5.54 Å². The van der Waals surface area contributed by atoms with Crippen molar-refractivity contribution < 1.29 is 31.0 Å². The van der Waals surface area contributed by atoms with Crippen LogP contribution >= 0.6 is 21.6 Å². The highest BCUT2D eigenvalue weighted by Crippen LogP contribution is 2.39. The molecule has 0 amide bonds. The van der Waals surface area contributed by atoms with Crippen molar-refractivity contribution in [2.45, 2.75) is 42.9 Å². The van der Waals surface area contributed by atoms with Gasteiger partial charge in [0.1, 0.15) is 19.8 Å². The van der Waals surface area contributed by atoms with Gasteiger partial charge in [0.05, 0.1) is 0 Å². The highest BCUT2D eigenvalue weighted by molar-refractivity contribution is 8.77. The molecule has 1 fully saturated rings. The van der Waals surface area contributed by atoms with Crippen LogP contribution < -0.4 is 5.73 Å². The first-order chi connectivity index (χ1) is 9.47. The fourth-order valence-corrected chi connectivity index (χ4v) is 4.39. The van der Waals surface area contributed by atoms with E-state index < -0.39 is 11.5 Å². The van der Waals surface area contributed by atoms with Gasteiger partial charge in [-0.15, -0.1) is 0 Å². The highest BCUT2D eigenvalue weighted by Gasteiger charge is 2.25. The quantitative estimate of drug-likeness (QED) is 0.307. The van der Waals surface area contributed by atoms with E-state index in [1.54, 1.807) is 0 Å². The van der Waals surface area contributed by atoms with Crippen molar-refractivity contribution in [3.05, 3.63) is 0 Å². The smallest absolute Gasteiger partial charge is 0.303 e. The lowest BCUT2D eigenvalue weighted by atomic mass is 10.1. The summed E-state index contributed by atoms with van der Waals surface area (Å²) >= 11 is 0. The lowest BCUT2D eigenvalue weighted by molar-refractivity contribution is -0.494. The number of unbranched alkanes of at least 4 members (excludes halogenated alkanes) is 1. The van der Waals surface area contributed by atoms with E-state index in [1.165, 1.54) is 18.6 Å². The van der Waals surface area contributed by atoms with Crippen LogP contribution in [0.1, 0.15) is 32.1 Å². The van der Waals surface area contributed by atoms with Crippen LogP contribution in [-0.2, 0) is 4.79 Å². The van der Waals surface area contributed by atoms with Gasteiger partial charge in [0, 0.05) is 17.4 Å². The molecule has 8 heteroatoms. The topological polar surface area (TPSA) is 126 Å². The normalized spacial score (nSPS) is 18.5. The summed E-state index contributed by atoms with van der Waals surface area (Å²) in [5, 5.41) is 34.4. The largest absolute Gasteiger partial charge is 0.481 e. The third-order valence-corrected chi connectivity index (χ3v) is 5.91. The minimum absolute atomic E-state index is 0.292. The van der Waals surface area contributed by atoms with Crippen LogP contribution in [-0.4, -0.2) is 62.8 Å². The van der Waals surface area contributed by atoms with Crippen molar-refractivity contribution in [2.24, 2.45) is 0 Å². The van der Waals surface area contributed by atoms with E-state index in [2.05, 4.69) is 5.73 Å². The van der Waals surface area contributed by atoms with Gasteiger partial charge in [-0.25, -0.2) is 0 Å². The standard InChI is InChI=1S/C8H14O2S2.C4H11NO3/c9-8(10)4-2-1-3-7-5-6-11-12-7;5-4(1-6,2-7)3-8/h7H,1-6H2,(H,9,10);6-8H,1-3,5H2/p+1/t7-;/m1./s1. The minimum atomic E-state index is -0.958. The Balaban J connectivity index is 0.000000396. The van der Waals surface area contributed by atoms with E-state index in [9.17, 15) is 4.79 Å². The van der Waals surface area contributed by atoms with Crippen LogP contribution in [0.2, 0.25) is 0 Å². The van der Waals surface area contributed by atoms with Crippen LogP contribution in [0.5, 0.6) is 0 Å². The van der Waals surface area contributed by atoms with E-state index >= 15 is 0 Å². The Bertz CT molecular complexity index is 250. The van der Waals surface area contributed by atoms with E-state index in [1.807, 2.05) is 21.6 Å². The van der Waals surface area contributed by atoms with Crippen LogP contribution in [0.15, 0.2) is 0 Å². The molecule has 1 aliphatic heterocycles. The number of aliphatic hydroxyl groups is 3. The molecule has 20 heavy (non-hydrogen) atoms. The second kappa shape index (κ2) is 11.6. The summed E-state index contributed by atoms with van der Waals surface area (Å²) in [6.45, 7) is -0.875. The molecule has 0 radical (unpaired) electrons. The average Bonchev–Trinajstić information content (AvgIpc) is 2.96. The monoisotopic (exact) mass is 328 g/mol. The molecule has 0 aromatic carbocycles. The number of aliphatic carboxylic acids is 1. The zero-order valence-electron chi connectivity index (χ0n) is 11.7. The molecule has 0 aliphatic carbocycles. The molecule has 1 aliphatic rings. The van der Waals surface area contributed by atoms with Crippen molar-refractivity contribution in [3.63, 3.8) is 0 Å². The SMILES string of the molecule is O=C(O)CCCC[C@@H]1CCSS1.[NH3+]C(CO)(CO)CO. The Morgan fingerprint density at radius 1 is 1.20 bits per heavy atom. The average molecular weight is 328 g/mol. The second-order valence-electron chi connectivity index (χ2n) is 4.94. The Hall–Kier alpha value is 0.01000. The highest BCUT2D eigenvalue weighted by atomic mass is 33.1. The molecule has 1 saturated heterocycles. The van der Waals surface area contributed by atoms with E-state index in [4.69, 9.17) is 20.4 Å². The maximum absolute atomic E-state index is 10.2. The number of hydrogen-bond acceptors (Lipinski definition) is 6. The molecule has 120 valence electrons. The summed E-state index contributed by atoms with van der Waals surface area (Å²) < 4.78 is 0. The Kier molecular flexibility index (Phi) is 11.7. The number of carboxylic acids is 1. The van der Waals surface area contributed by atoms with Crippen LogP contribution in [0.25, 0.3) is 0 Å². The number of rotatable bonds is 8. The number of quaternary nitrogens is 1. The Morgan fingerprint density at radius 3 is 2.15 bits per heavy atom. The van der Waals surface area contributed by atoms with Crippen LogP contribution in [0, 0.1) is 0 Å². The zero-order valence-corrected chi connectivity index (χ0v) is 13.3. The summed E-state index contributed by atoms with van der Waals surface area (Å²) in [5.74, 6) is 0.609. The van der Waals surface area contributed by atoms with E-state index in [0.717, 1.165) is 18.1 Å². The van der Waals surface area contributed by atoms with Gasteiger partial charge >= 0.3 is 5.97 Å². The molecule has 0 unspecified atom stereocenters. The molecule has 0 aromatic rings. The molecule has 6 nitrogen and oxygen atoms in total. The van der Waals surface area contributed by atoms with E-state index in [0.29, 0.717) is 6.42 Å². The summed E-state index contributed by atoms with van der Waals surface area (Å²) in [5.41, 5.74) is 2.42. The molecule has 0 aromatic heterocycles. The fraction of sp³-hybridized carbons (Fsp3) is 0.917. The lowest BCUT2D eigenvalue weighted by Gasteiger charge is -2.16. The number of carboxylic acid groups (broad SMARTS) is 1. The van der Waals surface area contributed by atoms with Gasteiger partial charge < -0.3 is 26.2 Å². The first kappa shape index (κ1) is 20.0. The predicted molar refractivity (Wildman–Crippen MR) is 81.4 cm³/mol. The Labute approximate surface area is 127 Å². The van der Waals surface area contributed by atoms with Crippen molar-refractivity contribution in [2.75, 3.05) is 25.6 Å². The van der Waals surface area contributed by atoms with Crippen LogP contribution in [0.4, 0.5) is 0 Å². The molecule has 1 atom stereocenters. The van der Waals surface area contributed by atoms with Crippen LogP contribution in [0.3, 0.4) is 0 Å². The van der Waals surface area contributed by atoms with E-state index in [-0.39, 0.29) is 19.8 Å². The van der Waals surface area contributed by atoms with Gasteiger partial charge in [-0.2, -0.15) is 0 Å². The third kappa shape index (κ3) is 9.84. The summed E-state index contributed by atoms with van der Waals surface area (Å²) in [6, 6.07) is 0. The van der Waals surface area contributed by atoms with Gasteiger partial charge in [-0.3, -0.25) is 4.79 Å². The summed E-state index contributed by atoms with van der Waals surface area (Å²) in [7, 11) is 3.92. The predicted octanol–water partition coefficient (Wildman–Crippen LogP) is -0.271. The molecule has 7 N–H and O–H groups in total. The zero-order chi connectivity index (χ0) is 15.4. The van der Waals surface area contributed by atoms with Gasteiger partial charge in [0.2, 0.25) is 0 Å². The minimum Gasteiger partial charge on any atom is -0.481 e. The molecule has 0 saturated carbocycles. The molecule has 1 heterocycles. The maximum Gasteiger partial charge on any atom is 0.303 e.